The van der Waals surface area contributed by atoms with Crippen molar-refractivity contribution in [3.63, 3.8) is 0 Å². The molecule has 0 unspecified atom stereocenters. The van der Waals surface area contributed by atoms with Gasteiger partial charge in [0.05, 0.1) is 0 Å². The van der Waals surface area contributed by atoms with Crippen LogP contribution in [0.1, 0.15) is 23.6 Å². The minimum Gasteiger partial charge on any atom is -0.507 e. The molecule has 0 amide bonds. The van der Waals surface area contributed by atoms with Crippen LogP contribution >= 0.6 is 0 Å². The standard InChI is InChI=1S/C11H14O/c1-4-5-10-7-8(2)6-9(3)11(10)12/h4-7,12H,1-3H3/b5-4-. The molecule has 0 bridgehead atoms. The highest BCUT2D eigenvalue weighted by atomic mass is 16.3. The Labute approximate surface area is 73.4 Å². The molecule has 1 aromatic rings. The van der Waals surface area contributed by atoms with Crippen molar-refractivity contribution in [2.24, 2.45) is 0 Å². The fourth-order valence-corrected chi connectivity index (χ4v) is 1.30. The summed E-state index contributed by atoms with van der Waals surface area (Å²) in [5.41, 5.74) is 3.01. The Kier molecular flexibility index (Phi) is 2.54. The van der Waals surface area contributed by atoms with Gasteiger partial charge >= 0.3 is 0 Å². The minimum atomic E-state index is 0.388. The Bertz CT molecular complexity index is 311. The molecule has 0 saturated heterocycles. The summed E-state index contributed by atoms with van der Waals surface area (Å²) in [5.74, 6) is 0.388. The van der Waals surface area contributed by atoms with E-state index in [-0.39, 0.29) is 0 Å². The van der Waals surface area contributed by atoms with Gasteiger partial charge in [-0.05, 0) is 32.4 Å². The van der Waals surface area contributed by atoms with Crippen LogP contribution in [0.5, 0.6) is 5.75 Å². The average Bonchev–Trinajstić information content (AvgIpc) is 2.00. The van der Waals surface area contributed by atoms with E-state index in [9.17, 15) is 5.11 Å². The van der Waals surface area contributed by atoms with E-state index >= 15 is 0 Å². The molecule has 1 aromatic carbocycles. The molecule has 0 fully saturated rings. The first-order chi connectivity index (χ1) is 5.65. The van der Waals surface area contributed by atoms with Crippen LogP contribution in [-0.4, -0.2) is 5.11 Å². The van der Waals surface area contributed by atoms with Crippen molar-refractivity contribution in [3.8, 4) is 5.75 Å². The van der Waals surface area contributed by atoms with Gasteiger partial charge in [0, 0.05) is 5.56 Å². The fraction of sp³-hybridized carbons (Fsp3) is 0.273. The van der Waals surface area contributed by atoms with Crippen LogP contribution in [0, 0.1) is 13.8 Å². The summed E-state index contributed by atoms with van der Waals surface area (Å²) in [6.45, 7) is 5.88. The van der Waals surface area contributed by atoms with Crippen molar-refractivity contribution < 1.29 is 5.11 Å². The number of allylic oxidation sites excluding steroid dienone is 1. The number of aromatic hydroxyl groups is 1. The normalized spacial score (nSPS) is 10.9. The maximum absolute atomic E-state index is 9.60. The summed E-state index contributed by atoms with van der Waals surface area (Å²) in [6, 6.07) is 3.95. The van der Waals surface area contributed by atoms with Crippen molar-refractivity contribution in [1.82, 2.24) is 0 Å². The molecule has 0 aliphatic heterocycles. The molecule has 0 aliphatic rings. The average molecular weight is 162 g/mol. The molecule has 1 rings (SSSR count). The summed E-state index contributed by atoms with van der Waals surface area (Å²) < 4.78 is 0. The summed E-state index contributed by atoms with van der Waals surface area (Å²) in [6.07, 6.45) is 3.84. The molecular formula is C11H14O. The van der Waals surface area contributed by atoms with Crippen LogP contribution < -0.4 is 0 Å². The zero-order valence-corrected chi connectivity index (χ0v) is 7.76. The summed E-state index contributed by atoms with van der Waals surface area (Å²) >= 11 is 0. The topological polar surface area (TPSA) is 20.2 Å². The number of phenolic OH excluding ortho intramolecular Hbond substituents is 1. The molecule has 0 aromatic heterocycles. The van der Waals surface area contributed by atoms with Gasteiger partial charge in [-0.25, -0.2) is 0 Å². The van der Waals surface area contributed by atoms with Crippen molar-refractivity contribution in [2.75, 3.05) is 0 Å². The predicted octanol–water partition coefficient (Wildman–Crippen LogP) is 3.04. The monoisotopic (exact) mass is 162 g/mol. The second-order valence-electron chi connectivity index (χ2n) is 3.02. The lowest BCUT2D eigenvalue weighted by Crippen LogP contribution is -1.82. The van der Waals surface area contributed by atoms with Gasteiger partial charge in [-0.15, -0.1) is 0 Å². The van der Waals surface area contributed by atoms with Gasteiger partial charge in [-0.1, -0.05) is 23.8 Å². The lowest BCUT2D eigenvalue weighted by atomic mass is 10.1. The van der Waals surface area contributed by atoms with E-state index < -0.39 is 0 Å². The third kappa shape index (κ3) is 1.67. The number of phenols is 1. The maximum atomic E-state index is 9.60. The van der Waals surface area contributed by atoms with Crippen LogP contribution in [0.3, 0.4) is 0 Å². The number of hydrogen-bond acceptors (Lipinski definition) is 1. The molecule has 1 N–H and O–H groups in total. The Balaban J connectivity index is 3.27. The largest absolute Gasteiger partial charge is 0.507 e. The van der Waals surface area contributed by atoms with Gasteiger partial charge in [0.2, 0.25) is 0 Å². The van der Waals surface area contributed by atoms with Gasteiger partial charge in [-0.2, -0.15) is 0 Å². The SMILES string of the molecule is C/C=C\c1cc(C)cc(C)c1O. The van der Waals surface area contributed by atoms with E-state index in [0.29, 0.717) is 5.75 Å². The zero-order valence-electron chi connectivity index (χ0n) is 7.76. The van der Waals surface area contributed by atoms with Crippen LogP contribution in [-0.2, 0) is 0 Å². The lowest BCUT2D eigenvalue weighted by molar-refractivity contribution is 0.469. The molecule has 1 heteroatoms. The van der Waals surface area contributed by atoms with Crippen LogP contribution in [0.4, 0.5) is 0 Å². The molecule has 0 heterocycles. The maximum Gasteiger partial charge on any atom is 0.125 e. The first kappa shape index (κ1) is 8.85. The van der Waals surface area contributed by atoms with Crippen LogP contribution in [0.2, 0.25) is 0 Å². The Morgan fingerprint density at radius 1 is 1.25 bits per heavy atom. The molecule has 0 saturated carbocycles. The van der Waals surface area contributed by atoms with E-state index in [1.807, 2.05) is 45.1 Å². The Morgan fingerprint density at radius 3 is 2.50 bits per heavy atom. The first-order valence-electron chi connectivity index (χ1n) is 4.08. The molecule has 0 radical (unpaired) electrons. The quantitative estimate of drug-likeness (QED) is 0.673. The summed E-state index contributed by atoms with van der Waals surface area (Å²) in [4.78, 5) is 0. The highest BCUT2D eigenvalue weighted by Gasteiger charge is 2.01. The van der Waals surface area contributed by atoms with Gasteiger partial charge in [-0.3, -0.25) is 0 Å². The van der Waals surface area contributed by atoms with E-state index in [1.165, 1.54) is 5.56 Å². The highest BCUT2D eigenvalue weighted by molar-refractivity contribution is 5.60. The smallest absolute Gasteiger partial charge is 0.125 e. The van der Waals surface area contributed by atoms with Crippen LogP contribution in [0.15, 0.2) is 18.2 Å². The fourth-order valence-electron chi connectivity index (χ4n) is 1.30. The van der Waals surface area contributed by atoms with E-state index in [1.54, 1.807) is 0 Å². The van der Waals surface area contributed by atoms with Crippen molar-refractivity contribution >= 4 is 6.08 Å². The van der Waals surface area contributed by atoms with E-state index in [0.717, 1.165) is 11.1 Å². The van der Waals surface area contributed by atoms with E-state index in [2.05, 4.69) is 0 Å². The number of aryl methyl sites for hydroxylation is 2. The third-order valence-corrected chi connectivity index (χ3v) is 1.82. The molecule has 0 aliphatic carbocycles. The third-order valence-electron chi connectivity index (χ3n) is 1.82. The summed E-state index contributed by atoms with van der Waals surface area (Å²) in [7, 11) is 0. The minimum absolute atomic E-state index is 0.388. The molecule has 0 spiro atoms. The lowest BCUT2D eigenvalue weighted by Gasteiger charge is -2.04. The highest BCUT2D eigenvalue weighted by Crippen LogP contribution is 2.24. The van der Waals surface area contributed by atoms with Crippen molar-refractivity contribution in [3.05, 3.63) is 34.9 Å². The number of benzene rings is 1. The molecular weight excluding hydrogens is 148 g/mol. The molecule has 64 valence electrons. The van der Waals surface area contributed by atoms with Gasteiger partial charge in [0.1, 0.15) is 5.75 Å². The van der Waals surface area contributed by atoms with Crippen LogP contribution in [0.25, 0.3) is 6.08 Å². The van der Waals surface area contributed by atoms with Crippen molar-refractivity contribution in [2.45, 2.75) is 20.8 Å². The van der Waals surface area contributed by atoms with Crippen molar-refractivity contribution in [1.29, 1.82) is 0 Å². The van der Waals surface area contributed by atoms with Gasteiger partial charge in [0.25, 0.3) is 0 Å². The molecule has 1 nitrogen and oxygen atoms in total. The Hall–Kier alpha value is -1.24. The number of hydrogen-bond donors (Lipinski definition) is 1. The number of rotatable bonds is 1. The first-order valence-corrected chi connectivity index (χ1v) is 4.08. The van der Waals surface area contributed by atoms with E-state index in [4.69, 9.17) is 0 Å². The zero-order chi connectivity index (χ0) is 9.14. The second kappa shape index (κ2) is 3.44. The second-order valence-corrected chi connectivity index (χ2v) is 3.02. The van der Waals surface area contributed by atoms with Gasteiger partial charge in [0.15, 0.2) is 0 Å². The summed E-state index contributed by atoms with van der Waals surface area (Å²) in [5, 5.41) is 9.60. The molecule has 0 atom stereocenters. The Morgan fingerprint density at radius 2 is 1.92 bits per heavy atom. The van der Waals surface area contributed by atoms with Gasteiger partial charge < -0.3 is 5.11 Å². The predicted molar refractivity (Wildman–Crippen MR) is 52.3 cm³/mol. The molecule has 12 heavy (non-hydrogen) atoms.